The molecule has 0 aromatic heterocycles. The van der Waals surface area contributed by atoms with Gasteiger partial charge in [-0.1, -0.05) is 11.8 Å². The number of methoxy groups -OCH3 is 1. The van der Waals surface area contributed by atoms with Gasteiger partial charge in [0.05, 0.1) is 20.3 Å². The molecule has 0 N–H and O–H groups in total. The first-order chi connectivity index (χ1) is 13.2. The molecule has 0 spiro atoms. The minimum absolute atomic E-state index is 0. The number of carbonyl (C=O) groups is 1. The summed E-state index contributed by atoms with van der Waals surface area (Å²) in [6, 6.07) is 15.0. The molecule has 0 saturated carbocycles. The van der Waals surface area contributed by atoms with E-state index >= 15 is 0 Å². The van der Waals surface area contributed by atoms with E-state index in [1.165, 1.54) is 0 Å². The predicted molar refractivity (Wildman–Crippen MR) is 122 cm³/mol. The topological polar surface area (TPSA) is 51.1 Å². The first-order valence-electron chi connectivity index (χ1n) is 9.06. The fourth-order valence-electron chi connectivity index (χ4n) is 2.78. The van der Waals surface area contributed by atoms with E-state index in [0.717, 1.165) is 41.1 Å². The van der Waals surface area contributed by atoms with Crippen molar-refractivity contribution in [3.63, 3.8) is 0 Å². The normalized spacial score (nSPS) is 13.1. The van der Waals surface area contributed by atoms with Gasteiger partial charge in [0, 0.05) is 23.5 Å². The second-order valence-electron chi connectivity index (χ2n) is 6.03. The summed E-state index contributed by atoms with van der Waals surface area (Å²) in [6.45, 7) is 3.63. The number of ether oxygens (including phenoxy) is 2. The Hall–Kier alpha value is -1.99. The summed E-state index contributed by atoms with van der Waals surface area (Å²) >= 11 is 1.70. The first kappa shape index (κ1) is 22.3. The van der Waals surface area contributed by atoms with Crippen LogP contribution in [-0.2, 0) is 0 Å². The zero-order chi connectivity index (χ0) is 19.1. The summed E-state index contributed by atoms with van der Waals surface area (Å²) in [5, 5.41) is 0.896. The van der Waals surface area contributed by atoms with Crippen LogP contribution in [0.4, 0.5) is 5.69 Å². The second-order valence-corrected chi connectivity index (χ2v) is 7.09. The third kappa shape index (κ3) is 5.75. The van der Waals surface area contributed by atoms with E-state index in [9.17, 15) is 4.79 Å². The molecule has 2 aromatic carbocycles. The van der Waals surface area contributed by atoms with Gasteiger partial charge >= 0.3 is 0 Å². The van der Waals surface area contributed by atoms with Crippen molar-refractivity contribution < 1.29 is 14.3 Å². The van der Waals surface area contributed by atoms with Crippen molar-refractivity contribution in [1.82, 2.24) is 0 Å². The number of carbonyl (C=O) groups excluding carboxylic acids is 1. The van der Waals surface area contributed by atoms with Crippen LogP contribution in [0.15, 0.2) is 53.5 Å². The lowest BCUT2D eigenvalue weighted by Gasteiger charge is -2.27. The number of ketones is 1. The van der Waals surface area contributed by atoms with Gasteiger partial charge < -0.3 is 14.4 Å². The molecule has 0 unspecified atom stereocenters. The lowest BCUT2D eigenvalue weighted by molar-refractivity contribution is 0.100. The Bertz CT molecular complexity index is 794. The molecule has 1 aliphatic rings. The Kier molecular flexibility index (Phi) is 8.86. The number of rotatable bonds is 7. The molecule has 1 heterocycles. The largest absolute Gasteiger partial charge is 0.497 e. The monoisotopic (exact) mass is 464 g/mol. The Morgan fingerprint density at radius 1 is 1.11 bits per heavy atom. The first-order valence-corrected chi connectivity index (χ1v) is 10.0. The fraction of sp³-hybridized carbons (Fsp3) is 0.333. The minimum Gasteiger partial charge on any atom is -0.497 e. The molecular formula is C21H25BrN2O3S. The third-order valence-corrected chi connectivity index (χ3v) is 5.29. The summed E-state index contributed by atoms with van der Waals surface area (Å²) in [6.07, 6.45) is 1.07. The number of anilines is 1. The van der Waals surface area contributed by atoms with Crippen molar-refractivity contribution in [1.29, 1.82) is 0 Å². The Morgan fingerprint density at radius 3 is 2.36 bits per heavy atom. The Balaban J connectivity index is 0.00000280. The molecule has 7 heteroatoms. The van der Waals surface area contributed by atoms with Crippen molar-refractivity contribution >= 4 is 45.4 Å². The van der Waals surface area contributed by atoms with E-state index in [4.69, 9.17) is 9.47 Å². The lowest BCUT2D eigenvalue weighted by atomic mass is 10.1. The highest BCUT2D eigenvalue weighted by atomic mass is 79.9. The predicted octanol–water partition coefficient (Wildman–Crippen LogP) is 4.85. The maximum atomic E-state index is 12.9. The number of amidine groups is 1. The number of halogens is 1. The van der Waals surface area contributed by atoms with Crippen LogP contribution in [0, 0.1) is 0 Å². The smallest absolute Gasteiger partial charge is 0.182 e. The van der Waals surface area contributed by atoms with Gasteiger partial charge in [-0.15, -0.1) is 17.0 Å². The van der Waals surface area contributed by atoms with Gasteiger partial charge in [0.15, 0.2) is 11.0 Å². The number of nitrogens with zero attached hydrogens (tertiary/aromatic N) is 2. The highest BCUT2D eigenvalue weighted by molar-refractivity contribution is 8.93. The van der Waals surface area contributed by atoms with Crippen LogP contribution in [0.5, 0.6) is 11.5 Å². The third-order valence-electron chi connectivity index (χ3n) is 4.18. The number of hydrogen-bond acceptors (Lipinski definition) is 6. The van der Waals surface area contributed by atoms with Gasteiger partial charge in [0.1, 0.15) is 11.5 Å². The van der Waals surface area contributed by atoms with E-state index in [0.29, 0.717) is 12.2 Å². The molecule has 0 amide bonds. The Morgan fingerprint density at radius 2 is 1.79 bits per heavy atom. The number of Topliss-reactive ketones (excluding diaryl/α,β-unsaturated/α-hetero) is 1. The maximum absolute atomic E-state index is 12.9. The molecular weight excluding hydrogens is 440 g/mol. The van der Waals surface area contributed by atoms with Crippen LogP contribution in [0.3, 0.4) is 0 Å². The molecule has 0 bridgehead atoms. The molecule has 5 nitrogen and oxygen atoms in total. The molecule has 0 saturated heterocycles. The van der Waals surface area contributed by atoms with Gasteiger partial charge in [-0.05, 0) is 61.9 Å². The van der Waals surface area contributed by atoms with Crippen LogP contribution >= 0.6 is 28.7 Å². The summed E-state index contributed by atoms with van der Waals surface area (Å²) < 4.78 is 10.7. The summed E-state index contributed by atoms with van der Waals surface area (Å²) in [5.74, 6) is 2.62. The standard InChI is InChI=1S/C21H24N2O3S.BrH/c1-3-26-19-11-7-17(8-12-19)23(21-22-13-4-14-27-21)15-20(24)16-5-9-18(25-2)10-6-16;/h5-12H,3-4,13-15H2,1-2H3;1H. The quantitative estimate of drug-likeness (QED) is 0.547. The van der Waals surface area contributed by atoms with E-state index < -0.39 is 0 Å². The summed E-state index contributed by atoms with van der Waals surface area (Å²) in [5.41, 5.74) is 1.60. The highest BCUT2D eigenvalue weighted by Gasteiger charge is 2.20. The van der Waals surface area contributed by atoms with Gasteiger partial charge in [-0.3, -0.25) is 9.79 Å². The minimum atomic E-state index is 0. The SMILES string of the molecule is Br.CCOc1ccc(N(CC(=O)c2ccc(OC)cc2)C2=NCCCS2)cc1. The van der Waals surface area contributed by atoms with Gasteiger partial charge in [-0.25, -0.2) is 0 Å². The molecule has 150 valence electrons. The van der Waals surface area contributed by atoms with Crippen LogP contribution in [-0.4, -0.2) is 43.5 Å². The number of benzene rings is 2. The average Bonchev–Trinajstić information content (AvgIpc) is 2.73. The molecule has 1 aliphatic heterocycles. The van der Waals surface area contributed by atoms with Crippen molar-refractivity contribution in [3.8, 4) is 11.5 Å². The van der Waals surface area contributed by atoms with Crippen molar-refractivity contribution in [2.45, 2.75) is 13.3 Å². The molecule has 0 atom stereocenters. The highest BCUT2D eigenvalue weighted by Crippen LogP contribution is 2.25. The molecule has 0 radical (unpaired) electrons. The fourth-order valence-corrected chi connectivity index (χ4v) is 3.75. The van der Waals surface area contributed by atoms with Gasteiger partial charge in [0.2, 0.25) is 0 Å². The van der Waals surface area contributed by atoms with E-state index in [-0.39, 0.29) is 29.3 Å². The van der Waals surface area contributed by atoms with Gasteiger partial charge in [0.25, 0.3) is 0 Å². The van der Waals surface area contributed by atoms with E-state index in [2.05, 4.69) is 4.99 Å². The molecule has 3 rings (SSSR count). The van der Waals surface area contributed by atoms with Crippen molar-refractivity contribution in [3.05, 3.63) is 54.1 Å². The molecule has 2 aromatic rings. The van der Waals surface area contributed by atoms with E-state index in [1.807, 2.05) is 36.1 Å². The zero-order valence-electron chi connectivity index (χ0n) is 16.1. The van der Waals surface area contributed by atoms with Crippen LogP contribution in [0.2, 0.25) is 0 Å². The van der Waals surface area contributed by atoms with Crippen LogP contribution < -0.4 is 14.4 Å². The molecule has 28 heavy (non-hydrogen) atoms. The van der Waals surface area contributed by atoms with Crippen LogP contribution in [0.1, 0.15) is 23.7 Å². The summed E-state index contributed by atoms with van der Waals surface area (Å²) in [7, 11) is 1.61. The van der Waals surface area contributed by atoms with Gasteiger partial charge in [-0.2, -0.15) is 0 Å². The number of hydrogen-bond donors (Lipinski definition) is 0. The van der Waals surface area contributed by atoms with Crippen molar-refractivity contribution in [2.75, 3.05) is 37.5 Å². The number of aliphatic imine (C=N–C) groups is 1. The molecule has 0 aliphatic carbocycles. The van der Waals surface area contributed by atoms with Crippen molar-refractivity contribution in [2.24, 2.45) is 4.99 Å². The second kappa shape index (κ2) is 11.1. The number of thioether (sulfide) groups is 1. The summed E-state index contributed by atoms with van der Waals surface area (Å²) in [4.78, 5) is 19.5. The maximum Gasteiger partial charge on any atom is 0.182 e. The Labute approximate surface area is 180 Å². The lowest BCUT2D eigenvalue weighted by Crippen LogP contribution is -2.35. The van der Waals surface area contributed by atoms with E-state index in [1.54, 1.807) is 43.1 Å². The molecule has 0 fully saturated rings. The average molecular weight is 465 g/mol. The van der Waals surface area contributed by atoms with Crippen LogP contribution in [0.25, 0.3) is 0 Å². The zero-order valence-corrected chi connectivity index (χ0v) is 18.6.